The number of aliphatic hydroxyl groups is 1. The van der Waals surface area contributed by atoms with Crippen molar-refractivity contribution in [2.24, 2.45) is 0 Å². The lowest BCUT2D eigenvalue weighted by Crippen LogP contribution is -2.06. The van der Waals surface area contributed by atoms with Gasteiger partial charge in [-0.3, -0.25) is 9.05 Å². The molecule has 24 heavy (non-hydrogen) atoms. The average molecular weight is 366 g/mol. The van der Waals surface area contributed by atoms with Crippen molar-refractivity contribution in [1.82, 2.24) is 0 Å². The second-order valence-corrected chi connectivity index (χ2v) is 8.01. The smallest absolute Gasteiger partial charge is 0.368 e. The number of hydrogen-bond donors (Lipinski definition) is 2. The summed E-state index contributed by atoms with van der Waals surface area (Å²) in [5.41, 5.74) is 0. The molecule has 0 radical (unpaired) electrons. The van der Waals surface area contributed by atoms with Gasteiger partial charge < -0.3 is 10.00 Å². The van der Waals surface area contributed by atoms with Crippen molar-refractivity contribution in [1.29, 1.82) is 0 Å². The number of rotatable bonds is 18. The number of unbranched alkanes of at least 4 members (excludes halogenated alkanes) is 13. The van der Waals surface area contributed by atoms with Crippen LogP contribution in [0.25, 0.3) is 0 Å². The number of phosphoric ester groups is 1. The summed E-state index contributed by atoms with van der Waals surface area (Å²) in [4.78, 5) is 9.24. The molecule has 0 aliphatic heterocycles. The van der Waals surface area contributed by atoms with Crippen LogP contribution in [0.15, 0.2) is 0 Å². The fraction of sp³-hybridized carbons (Fsp3) is 1.00. The molecule has 6 heteroatoms. The van der Waals surface area contributed by atoms with Gasteiger partial charge in [-0.1, -0.05) is 90.4 Å². The van der Waals surface area contributed by atoms with E-state index in [2.05, 4.69) is 11.4 Å². The van der Waals surface area contributed by atoms with Gasteiger partial charge in [0.05, 0.1) is 6.61 Å². The van der Waals surface area contributed by atoms with Gasteiger partial charge in [-0.15, -0.1) is 0 Å². The summed E-state index contributed by atoms with van der Waals surface area (Å²) in [6, 6.07) is 0. The summed E-state index contributed by atoms with van der Waals surface area (Å²) in [5.74, 6) is 0. The van der Waals surface area contributed by atoms with E-state index in [-0.39, 0.29) is 6.61 Å². The van der Waals surface area contributed by atoms with Crippen molar-refractivity contribution in [2.75, 3.05) is 6.61 Å². The van der Waals surface area contributed by atoms with Gasteiger partial charge in [-0.2, -0.15) is 0 Å². The third kappa shape index (κ3) is 18.4. The van der Waals surface area contributed by atoms with Crippen molar-refractivity contribution in [2.45, 2.75) is 110 Å². The number of phosphoric acid groups is 1. The van der Waals surface area contributed by atoms with Crippen molar-refractivity contribution >= 4 is 7.82 Å². The van der Waals surface area contributed by atoms with Gasteiger partial charge in [0.25, 0.3) is 0 Å². The predicted molar refractivity (Wildman–Crippen MR) is 98.9 cm³/mol. The van der Waals surface area contributed by atoms with E-state index in [1.807, 2.05) is 0 Å². The molecule has 2 unspecified atom stereocenters. The summed E-state index contributed by atoms with van der Waals surface area (Å²) >= 11 is 0. The predicted octanol–water partition coefficient (Wildman–Crippen LogP) is 5.94. The zero-order valence-corrected chi connectivity index (χ0v) is 16.6. The monoisotopic (exact) mass is 366 g/mol. The molecule has 0 saturated carbocycles. The zero-order chi connectivity index (χ0) is 18.1. The van der Waals surface area contributed by atoms with Gasteiger partial charge in [0.1, 0.15) is 0 Å². The Hall–Kier alpha value is 0.0700. The first-order chi connectivity index (χ1) is 11.5. The second-order valence-electron chi connectivity index (χ2n) is 6.60. The average Bonchev–Trinajstić information content (AvgIpc) is 2.49. The third-order valence-corrected chi connectivity index (χ3v) is 5.12. The maximum absolute atomic E-state index is 11.3. The topological polar surface area (TPSA) is 76.0 Å². The summed E-state index contributed by atoms with van der Waals surface area (Å²) in [6.45, 7) is 3.72. The molecule has 0 rings (SSSR count). The highest BCUT2D eigenvalue weighted by atomic mass is 31.2. The Labute approximate surface area is 148 Å². The Bertz CT molecular complexity index is 310. The van der Waals surface area contributed by atoms with Gasteiger partial charge in [-0.05, 0) is 13.3 Å². The van der Waals surface area contributed by atoms with Crippen molar-refractivity contribution in [3.05, 3.63) is 0 Å². The standard InChI is InChI=1S/C18H39O5P/c1-3-4-5-6-7-8-9-10-11-12-13-14-15-16-17-22-24(20,21)23-18(2)19/h18-19H,3-17H2,1-2H3,(H,20,21). The van der Waals surface area contributed by atoms with Crippen LogP contribution in [0.1, 0.15) is 104 Å². The minimum absolute atomic E-state index is 0.193. The van der Waals surface area contributed by atoms with Crippen LogP contribution >= 0.6 is 7.82 Å². The Morgan fingerprint density at radius 3 is 1.54 bits per heavy atom. The first kappa shape index (κ1) is 24.1. The van der Waals surface area contributed by atoms with Gasteiger partial charge >= 0.3 is 7.82 Å². The molecule has 0 fully saturated rings. The quantitative estimate of drug-likeness (QED) is 0.178. The van der Waals surface area contributed by atoms with Crippen LogP contribution in [0, 0.1) is 0 Å². The molecule has 0 aromatic rings. The molecular formula is C18H39O5P. The van der Waals surface area contributed by atoms with Crippen LogP contribution < -0.4 is 0 Å². The molecule has 0 heterocycles. The van der Waals surface area contributed by atoms with Gasteiger partial charge in [0.15, 0.2) is 6.29 Å². The first-order valence-corrected chi connectivity index (χ1v) is 11.3. The van der Waals surface area contributed by atoms with Gasteiger partial charge in [-0.25, -0.2) is 4.57 Å². The van der Waals surface area contributed by atoms with Crippen LogP contribution in [0.5, 0.6) is 0 Å². The first-order valence-electron chi connectivity index (χ1n) is 9.81. The van der Waals surface area contributed by atoms with Crippen molar-refractivity contribution in [3.8, 4) is 0 Å². The zero-order valence-electron chi connectivity index (χ0n) is 15.8. The normalized spacial score (nSPS) is 15.3. The summed E-state index contributed by atoms with van der Waals surface area (Å²) in [5, 5.41) is 8.88. The fourth-order valence-corrected chi connectivity index (χ4v) is 3.51. The summed E-state index contributed by atoms with van der Waals surface area (Å²) in [6.07, 6.45) is 16.4. The maximum atomic E-state index is 11.3. The molecular weight excluding hydrogens is 327 g/mol. The van der Waals surface area contributed by atoms with Crippen LogP contribution in [0.4, 0.5) is 0 Å². The molecule has 0 aliphatic rings. The van der Waals surface area contributed by atoms with Crippen LogP contribution in [-0.2, 0) is 13.6 Å². The molecule has 5 nitrogen and oxygen atoms in total. The van der Waals surface area contributed by atoms with E-state index < -0.39 is 14.1 Å². The third-order valence-electron chi connectivity index (χ3n) is 4.04. The van der Waals surface area contributed by atoms with E-state index in [4.69, 9.17) is 9.63 Å². The minimum Gasteiger partial charge on any atom is -0.368 e. The van der Waals surface area contributed by atoms with E-state index in [0.717, 1.165) is 19.3 Å². The van der Waals surface area contributed by atoms with E-state index in [1.165, 1.54) is 77.6 Å². The molecule has 0 aromatic heterocycles. The van der Waals surface area contributed by atoms with Crippen molar-refractivity contribution < 1.29 is 23.6 Å². The number of aliphatic hydroxyl groups excluding tert-OH is 1. The Balaban J connectivity index is 3.19. The Morgan fingerprint density at radius 1 is 0.792 bits per heavy atom. The minimum atomic E-state index is -4.09. The van der Waals surface area contributed by atoms with E-state index >= 15 is 0 Å². The Kier molecular flexibility index (Phi) is 16.6. The van der Waals surface area contributed by atoms with Crippen LogP contribution in [-0.4, -0.2) is 22.9 Å². The lowest BCUT2D eigenvalue weighted by Gasteiger charge is -2.13. The Morgan fingerprint density at radius 2 is 1.17 bits per heavy atom. The summed E-state index contributed by atoms with van der Waals surface area (Å²) < 4.78 is 20.5. The van der Waals surface area contributed by atoms with E-state index in [9.17, 15) is 9.46 Å². The molecule has 0 saturated heterocycles. The fourth-order valence-electron chi connectivity index (χ4n) is 2.70. The van der Waals surface area contributed by atoms with Crippen LogP contribution in [0.3, 0.4) is 0 Å². The van der Waals surface area contributed by atoms with Crippen molar-refractivity contribution in [3.63, 3.8) is 0 Å². The lowest BCUT2D eigenvalue weighted by molar-refractivity contribution is -0.0278. The molecule has 0 aliphatic carbocycles. The number of hydrogen-bond acceptors (Lipinski definition) is 4. The van der Waals surface area contributed by atoms with Crippen LogP contribution in [0.2, 0.25) is 0 Å². The maximum Gasteiger partial charge on any atom is 0.474 e. The highest BCUT2D eigenvalue weighted by molar-refractivity contribution is 7.47. The highest BCUT2D eigenvalue weighted by Gasteiger charge is 2.22. The molecule has 0 spiro atoms. The van der Waals surface area contributed by atoms with E-state index in [1.54, 1.807) is 0 Å². The lowest BCUT2D eigenvalue weighted by atomic mass is 10.0. The summed E-state index contributed by atoms with van der Waals surface area (Å²) in [7, 11) is -4.09. The molecule has 0 bridgehead atoms. The molecule has 2 N–H and O–H groups in total. The molecule has 146 valence electrons. The molecule has 0 aromatic carbocycles. The van der Waals surface area contributed by atoms with Gasteiger partial charge in [0, 0.05) is 0 Å². The van der Waals surface area contributed by atoms with E-state index in [0.29, 0.717) is 0 Å². The largest absolute Gasteiger partial charge is 0.474 e. The SMILES string of the molecule is CCCCCCCCCCCCCCCCOP(=O)(O)OC(C)O. The molecule has 0 amide bonds. The molecule has 2 atom stereocenters. The second kappa shape index (κ2) is 16.5. The van der Waals surface area contributed by atoms with Gasteiger partial charge in [0.2, 0.25) is 0 Å². The highest BCUT2D eigenvalue weighted by Crippen LogP contribution is 2.44.